The highest BCUT2D eigenvalue weighted by molar-refractivity contribution is 5.67. The number of aliphatic imine (C=N–C) groups is 1. The largest absolute Gasteiger partial charge is 0.276 e. The number of hydrogen-bond acceptors (Lipinski definition) is 2. The van der Waals surface area contributed by atoms with Gasteiger partial charge in [0.25, 0.3) is 0 Å². The molecule has 0 aromatic heterocycles. The molecule has 1 aromatic carbocycles. The van der Waals surface area contributed by atoms with Gasteiger partial charge in [-0.1, -0.05) is 18.2 Å². The second-order valence-corrected chi connectivity index (χ2v) is 2.86. The van der Waals surface area contributed by atoms with Gasteiger partial charge in [-0.25, -0.2) is 0 Å². The number of para-hydroxylation sites is 1. The highest BCUT2D eigenvalue weighted by atomic mass is 14.8. The average Bonchev–Trinajstić information content (AvgIpc) is 2.25. The Morgan fingerprint density at radius 3 is 3.00 bits per heavy atom. The van der Waals surface area contributed by atoms with E-state index >= 15 is 0 Å². The zero-order valence-corrected chi connectivity index (χ0v) is 6.94. The Labute approximate surface area is 71.0 Å². The molecule has 0 bridgehead atoms. The maximum absolute atomic E-state index is 4.46. The molecule has 60 valence electrons. The quantitative estimate of drug-likeness (QED) is 0.526. The molecule has 12 heavy (non-hydrogen) atoms. The van der Waals surface area contributed by atoms with Crippen LogP contribution in [0.25, 0.3) is 6.20 Å². The van der Waals surface area contributed by atoms with Crippen LogP contribution in [0.1, 0.15) is 6.92 Å². The lowest BCUT2D eigenvalue weighted by Crippen LogP contribution is -2.24. The van der Waals surface area contributed by atoms with E-state index in [0.717, 1.165) is 10.6 Å². The van der Waals surface area contributed by atoms with Crippen molar-refractivity contribution >= 4 is 12.4 Å². The molecule has 1 unspecified atom stereocenters. The van der Waals surface area contributed by atoms with Gasteiger partial charge in [-0.3, -0.25) is 9.98 Å². The molecule has 2 nitrogen and oxygen atoms in total. The molecule has 0 saturated heterocycles. The summed E-state index contributed by atoms with van der Waals surface area (Å²) in [5.74, 6) is 0. The molecule has 1 aliphatic rings. The zero-order chi connectivity index (χ0) is 8.39. The van der Waals surface area contributed by atoms with Crippen LogP contribution in [0.4, 0.5) is 0 Å². The monoisotopic (exact) mass is 158 g/mol. The molecular weight excluding hydrogens is 148 g/mol. The first-order valence-electron chi connectivity index (χ1n) is 4.02. The van der Waals surface area contributed by atoms with E-state index < -0.39 is 0 Å². The van der Waals surface area contributed by atoms with Gasteiger partial charge in [-0.05, 0) is 13.0 Å². The van der Waals surface area contributed by atoms with Gasteiger partial charge < -0.3 is 0 Å². The van der Waals surface area contributed by atoms with Crippen molar-refractivity contribution in [2.24, 2.45) is 9.98 Å². The van der Waals surface area contributed by atoms with Crippen molar-refractivity contribution < 1.29 is 0 Å². The highest BCUT2D eigenvalue weighted by Crippen LogP contribution is 1.86. The maximum atomic E-state index is 4.46. The van der Waals surface area contributed by atoms with Crippen molar-refractivity contribution in [3.8, 4) is 0 Å². The van der Waals surface area contributed by atoms with E-state index in [1.807, 2.05) is 43.6 Å². The summed E-state index contributed by atoms with van der Waals surface area (Å²) in [4.78, 5) is 8.61. The zero-order valence-electron chi connectivity index (χ0n) is 6.94. The summed E-state index contributed by atoms with van der Waals surface area (Å²) >= 11 is 0. The smallest absolute Gasteiger partial charge is 0.0829 e. The Morgan fingerprint density at radius 1 is 1.25 bits per heavy atom. The molecule has 2 rings (SSSR count). The first-order chi connectivity index (χ1) is 5.86. The summed E-state index contributed by atoms with van der Waals surface area (Å²) in [6.07, 6.45) is 3.70. The molecule has 0 aliphatic carbocycles. The van der Waals surface area contributed by atoms with Gasteiger partial charge in [0.05, 0.1) is 11.4 Å². The van der Waals surface area contributed by atoms with Gasteiger partial charge in [0.1, 0.15) is 0 Å². The second kappa shape index (κ2) is 2.89. The third-order valence-electron chi connectivity index (χ3n) is 1.79. The molecule has 1 atom stereocenters. The summed E-state index contributed by atoms with van der Waals surface area (Å²) in [6.45, 7) is 2.03. The number of benzene rings is 1. The molecule has 0 spiro atoms. The summed E-state index contributed by atoms with van der Waals surface area (Å²) in [5.41, 5.74) is 0. The predicted molar refractivity (Wildman–Crippen MR) is 49.6 cm³/mol. The Hall–Kier alpha value is -1.44. The fourth-order valence-electron chi connectivity index (χ4n) is 1.21. The number of rotatable bonds is 0. The van der Waals surface area contributed by atoms with Crippen LogP contribution in [0.15, 0.2) is 34.3 Å². The maximum Gasteiger partial charge on any atom is 0.0829 e. The standard InChI is InChI=1S/C10H10N2/c1-8-6-11-7-9-4-2-3-5-10(9)12-8/h2-8H,1H3. The lowest BCUT2D eigenvalue weighted by atomic mass is 10.3. The molecule has 0 radical (unpaired) electrons. The molecular formula is C10H10N2. The van der Waals surface area contributed by atoms with E-state index in [0.29, 0.717) is 0 Å². The van der Waals surface area contributed by atoms with E-state index in [1.54, 1.807) is 0 Å². The van der Waals surface area contributed by atoms with Crippen LogP contribution in [-0.2, 0) is 0 Å². The molecule has 2 heteroatoms. The van der Waals surface area contributed by atoms with Crippen molar-refractivity contribution in [2.45, 2.75) is 13.0 Å². The van der Waals surface area contributed by atoms with Crippen molar-refractivity contribution in [1.29, 1.82) is 0 Å². The van der Waals surface area contributed by atoms with E-state index in [1.165, 1.54) is 0 Å². The Morgan fingerprint density at radius 2 is 2.08 bits per heavy atom. The first-order valence-corrected chi connectivity index (χ1v) is 4.02. The topological polar surface area (TPSA) is 24.7 Å². The Bertz CT molecular complexity index is 418. The van der Waals surface area contributed by atoms with Crippen LogP contribution in [-0.4, -0.2) is 12.3 Å². The van der Waals surface area contributed by atoms with Crippen molar-refractivity contribution in [2.75, 3.05) is 0 Å². The first kappa shape index (κ1) is 7.22. The molecule has 0 fully saturated rings. The van der Waals surface area contributed by atoms with E-state index in [-0.39, 0.29) is 6.04 Å². The van der Waals surface area contributed by atoms with Gasteiger partial charge in [0.2, 0.25) is 0 Å². The highest BCUT2D eigenvalue weighted by Gasteiger charge is 1.95. The van der Waals surface area contributed by atoms with Crippen LogP contribution in [0.3, 0.4) is 0 Å². The van der Waals surface area contributed by atoms with Gasteiger partial charge in [0, 0.05) is 17.6 Å². The van der Waals surface area contributed by atoms with Gasteiger partial charge in [-0.15, -0.1) is 0 Å². The fourth-order valence-corrected chi connectivity index (χ4v) is 1.21. The van der Waals surface area contributed by atoms with Crippen molar-refractivity contribution in [1.82, 2.24) is 0 Å². The summed E-state index contributed by atoms with van der Waals surface area (Å²) in [5, 5.41) is 2.13. The molecule has 1 aromatic rings. The third-order valence-corrected chi connectivity index (χ3v) is 1.79. The summed E-state index contributed by atoms with van der Waals surface area (Å²) < 4.78 is 0. The van der Waals surface area contributed by atoms with E-state index in [9.17, 15) is 0 Å². The fraction of sp³-hybridized carbons (Fsp3) is 0.200. The van der Waals surface area contributed by atoms with E-state index in [2.05, 4.69) is 9.98 Å². The van der Waals surface area contributed by atoms with Crippen LogP contribution < -0.4 is 10.6 Å². The molecule has 1 heterocycles. The molecule has 0 amide bonds. The summed E-state index contributed by atoms with van der Waals surface area (Å²) in [6, 6.07) is 8.21. The Kier molecular flexibility index (Phi) is 1.74. The van der Waals surface area contributed by atoms with E-state index in [4.69, 9.17) is 0 Å². The minimum Gasteiger partial charge on any atom is -0.276 e. The Balaban J connectivity index is 2.75. The van der Waals surface area contributed by atoms with Crippen molar-refractivity contribution in [3.05, 3.63) is 34.8 Å². The molecule has 0 saturated carbocycles. The lowest BCUT2D eigenvalue weighted by molar-refractivity contribution is 0.948. The second-order valence-electron chi connectivity index (χ2n) is 2.86. The van der Waals surface area contributed by atoms with Gasteiger partial charge >= 0.3 is 0 Å². The summed E-state index contributed by atoms with van der Waals surface area (Å²) in [7, 11) is 0. The minimum absolute atomic E-state index is 0.185. The molecule has 1 aliphatic heterocycles. The lowest BCUT2D eigenvalue weighted by Gasteiger charge is -1.92. The number of hydrogen-bond donors (Lipinski definition) is 0. The van der Waals surface area contributed by atoms with Crippen LogP contribution in [0.5, 0.6) is 0 Å². The normalized spacial score (nSPS) is 20.2. The number of nitrogens with zero attached hydrogens (tertiary/aromatic N) is 2. The van der Waals surface area contributed by atoms with Crippen LogP contribution >= 0.6 is 0 Å². The van der Waals surface area contributed by atoms with Crippen LogP contribution in [0, 0.1) is 0 Å². The average molecular weight is 158 g/mol. The van der Waals surface area contributed by atoms with Gasteiger partial charge in [0.15, 0.2) is 0 Å². The van der Waals surface area contributed by atoms with Crippen molar-refractivity contribution in [3.63, 3.8) is 0 Å². The third kappa shape index (κ3) is 1.28. The minimum atomic E-state index is 0.185. The van der Waals surface area contributed by atoms with Crippen LogP contribution in [0.2, 0.25) is 0 Å². The molecule has 0 N–H and O–H groups in total. The number of fused-ring (bicyclic) bond motifs is 1. The van der Waals surface area contributed by atoms with Gasteiger partial charge in [-0.2, -0.15) is 0 Å². The SMILES string of the molecule is CC1C=NC=c2ccccc2=N1. The predicted octanol–water partition coefficient (Wildman–Crippen LogP) is 0.517.